The minimum absolute atomic E-state index is 0.196. The molecular formula is C26H32. The van der Waals surface area contributed by atoms with Crippen LogP contribution in [0.5, 0.6) is 0 Å². The highest BCUT2D eigenvalue weighted by Crippen LogP contribution is 2.61. The smallest absolute Gasteiger partial charge is 0.00387 e. The SMILES string of the molecule is CC(C)(C)c1cc(-c2ccccc2)cc(C23CC4CC(CC(C4)C2)C3)c1. The van der Waals surface area contributed by atoms with Crippen molar-refractivity contribution >= 4 is 0 Å². The third-order valence-corrected chi connectivity index (χ3v) is 7.56. The quantitative estimate of drug-likeness (QED) is 0.544. The summed E-state index contributed by atoms with van der Waals surface area (Å²) in [6.45, 7) is 7.09. The first-order valence-electron chi connectivity index (χ1n) is 10.6. The van der Waals surface area contributed by atoms with Crippen LogP contribution in [0.3, 0.4) is 0 Å². The zero-order chi connectivity index (χ0) is 17.9. The minimum atomic E-state index is 0.196. The molecule has 4 aliphatic rings. The van der Waals surface area contributed by atoms with Crippen LogP contribution in [0.4, 0.5) is 0 Å². The van der Waals surface area contributed by atoms with E-state index < -0.39 is 0 Å². The summed E-state index contributed by atoms with van der Waals surface area (Å²) in [5.41, 5.74) is 6.61. The highest BCUT2D eigenvalue weighted by atomic mass is 14.6. The van der Waals surface area contributed by atoms with E-state index in [4.69, 9.17) is 0 Å². The fourth-order valence-electron chi connectivity index (χ4n) is 6.63. The molecule has 0 unspecified atom stereocenters. The summed E-state index contributed by atoms with van der Waals surface area (Å²) in [4.78, 5) is 0. The van der Waals surface area contributed by atoms with E-state index in [1.807, 2.05) is 0 Å². The Bertz CT molecular complexity index is 770. The Balaban J connectivity index is 1.65. The molecule has 0 radical (unpaired) electrons. The van der Waals surface area contributed by atoms with Gasteiger partial charge in [-0.05, 0) is 89.4 Å². The van der Waals surface area contributed by atoms with Gasteiger partial charge in [0.2, 0.25) is 0 Å². The molecule has 0 heterocycles. The lowest BCUT2D eigenvalue weighted by Gasteiger charge is -2.57. The summed E-state index contributed by atoms with van der Waals surface area (Å²) in [7, 11) is 0. The summed E-state index contributed by atoms with van der Waals surface area (Å²) in [6.07, 6.45) is 8.89. The van der Waals surface area contributed by atoms with Gasteiger partial charge in [-0.15, -0.1) is 0 Å². The van der Waals surface area contributed by atoms with Gasteiger partial charge in [-0.1, -0.05) is 69.3 Å². The number of hydrogen-bond acceptors (Lipinski definition) is 0. The van der Waals surface area contributed by atoms with E-state index in [1.165, 1.54) is 55.2 Å². The number of benzene rings is 2. The molecule has 136 valence electrons. The third-order valence-electron chi connectivity index (χ3n) is 7.56. The Hall–Kier alpha value is -1.56. The molecule has 0 heteroatoms. The topological polar surface area (TPSA) is 0 Å². The van der Waals surface area contributed by atoms with Gasteiger partial charge >= 0.3 is 0 Å². The van der Waals surface area contributed by atoms with E-state index in [0.29, 0.717) is 5.41 Å². The predicted octanol–water partition coefficient (Wildman–Crippen LogP) is 7.12. The molecule has 0 spiro atoms. The largest absolute Gasteiger partial charge is 0.0622 e. The van der Waals surface area contributed by atoms with Crippen LogP contribution in [-0.4, -0.2) is 0 Å². The first-order chi connectivity index (χ1) is 12.4. The fraction of sp³-hybridized carbons (Fsp3) is 0.538. The number of hydrogen-bond donors (Lipinski definition) is 0. The Labute approximate surface area is 159 Å². The van der Waals surface area contributed by atoms with Crippen molar-refractivity contribution in [3.05, 3.63) is 59.7 Å². The van der Waals surface area contributed by atoms with Crippen LogP contribution >= 0.6 is 0 Å². The standard InChI is InChI=1S/C26H32/c1-25(2,3)23-12-22(21-7-5-4-6-8-21)13-24(14-23)26-15-18-9-19(16-26)11-20(10-18)17-26/h4-8,12-14,18-20H,9-11,15-17H2,1-3H3. The average molecular weight is 345 g/mol. The van der Waals surface area contributed by atoms with Crippen molar-refractivity contribution in [2.24, 2.45) is 17.8 Å². The van der Waals surface area contributed by atoms with Gasteiger partial charge < -0.3 is 0 Å². The van der Waals surface area contributed by atoms with Crippen LogP contribution in [0, 0.1) is 17.8 Å². The molecule has 2 aromatic carbocycles. The van der Waals surface area contributed by atoms with Gasteiger partial charge in [-0.2, -0.15) is 0 Å². The molecule has 4 bridgehead atoms. The molecule has 0 N–H and O–H groups in total. The van der Waals surface area contributed by atoms with Gasteiger partial charge in [-0.3, -0.25) is 0 Å². The van der Waals surface area contributed by atoms with Crippen molar-refractivity contribution in [3.8, 4) is 11.1 Å². The average Bonchev–Trinajstić information content (AvgIpc) is 2.60. The molecule has 0 atom stereocenters. The number of rotatable bonds is 2. The molecule has 0 nitrogen and oxygen atoms in total. The molecule has 4 aliphatic carbocycles. The maximum Gasteiger partial charge on any atom is -0.00387 e. The van der Waals surface area contributed by atoms with Crippen LogP contribution in [-0.2, 0) is 10.8 Å². The monoisotopic (exact) mass is 344 g/mol. The second-order valence-electron chi connectivity index (χ2n) is 10.6. The maximum atomic E-state index is 2.58. The summed E-state index contributed by atoms with van der Waals surface area (Å²) >= 11 is 0. The van der Waals surface area contributed by atoms with Gasteiger partial charge in [0.1, 0.15) is 0 Å². The normalized spacial score (nSPS) is 32.8. The Morgan fingerprint density at radius 1 is 0.731 bits per heavy atom. The van der Waals surface area contributed by atoms with Crippen LogP contribution in [0.2, 0.25) is 0 Å². The van der Waals surface area contributed by atoms with Crippen LogP contribution in [0.1, 0.15) is 70.4 Å². The second kappa shape index (κ2) is 5.72. The molecule has 0 saturated heterocycles. The van der Waals surface area contributed by atoms with Gasteiger partial charge in [-0.25, -0.2) is 0 Å². The highest BCUT2D eigenvalue weighted by Gasteiger charge is 2.51. The van der Waals surface area contributed by atoms with Crippen molar-refractivity contribution in [1.82, 2.24) is 0 Å². The van der Waals surface area contributed by atoms with Gasteiger partial charge in [0.15, 0.2) is 0 Å². The third kappa shape index (κ3) is 2.73. The summed E-state index contributed by atoms with van der Waals surface area (Å²) in [6, 6.07) is 18.6. The van der Waals surface area contributed by atoms with Crippen molar-refractivity contribution in [3.63, 3.8) is 0 Å². The molecule has 0 aromatic heterocycles. The van der Waals surface area contributed by atoms with E-state index in [1.54, 1.807) is 5.56 Å². The lowest BCUT2D eigenvalue weighted by molar-refractivity contribution is -0.00522. The van der Waals surface area contributed by atoms with Gasteiger partial charge in [0.25, 0.3) is 0 Å². The minimum Gasteiger partial charge on any atom is -0.0622 e. The summed E-state index contributed by atoms with van der Waals surface area (Å²) in [5, 5.41) is 0. The molecule has 0 aliphatic heterocycles. The molecule has 4 fully saturated rings. The molecule has 6 rings (SSSR count). The molecule has 0 amide bonds. The second-order valence-corrected chi connectivity index (χ2v) is 10.6. The zero-order valence-electron chi connectivity index (χ0n) is 16.6. The first-order valence-corrected chi connectivity index (χ1v) is 10.6. The fourth-order valence-corrected chi connectivity index (χ4v) is 6.63. The molecular weight excluding hydrogens is 312 g/mol. The van der Waals surface area contributed by atoms with Crippen molar-refractivity contribution in [1.29, 1.82) is 0 Å². The molecule has 4 saturated carbocycles. The Kier molecular flexibility index (Phi) is 3.65. The van der Waals surface area contributed by atoms with Crippen molar-refractivity contribution in [2.45, 2.75) is 70.1 Å². The van der Waals surface area contributed by atoms with Crippen LogP contribution in [0.15, 0.2) is 48.5 Å². The van der Waals surface area contributed by atoms with Gasteiger partial charge in [0, 0.05) is 0 Å². The van der Waals surface area contributed by atoms with E-state index in [2.05, 4.69) is 69.3 Å². The zero-order valence-corrected chi connectivity index (χ0v) is 16.6. The van der Waals surface area contributed by atoms with E-state index >= 15 is 0 Å². The van der Waals surface area contributed by atoms with E-state index in [9.17, 15) is 0 Å². The predicted molar refractivity (Wildman–Crippen MR) is 110 cm³/mol. The van der Waals surface area contributed by atoms with Gasteiger partial charge in [0.05, 0.1) is 0 Å². The molecule has 2 aromatic rings. The Morgan fingerprint density at radius 2 is 1.31 bits per heavy atom. The lowest BCUT2D eigenvalue weighted by Crippen LogP contribution is -2.48. The first kappa shape index (κ1) is 16.6. The van der Waals surface area contributed by atoms with Crippen LogP contribution in [0.25, 0.3) is 11.1 Å². The Morgan fingerprint density at radius 3 is 1.85 bits per heavy atom. The van der Waals surface area contributed by atoms with E-state index in [0.717, 1.165) is 17.8 Å². The summed E-state index contributed by atoms with van der Waals surface area (Å²) < 4.78 is 0. The van der Waals surface area contributed by atoms with Crippen molar-refractivity contribution < 1.29 is 0 Å². The van der Waals surface area contributed by atoms with Crippen LogP contribution < -0.4 is 0 Å². The summed E-state index contributed by atoms with van der Waals surface area (Å²) in [5.74, 6) is 3.00. The maximum absolute atomic E-state index is 2.58. The lowest BCUT2D eigenvalue weighted by atomic mass is 9.48. The van der Waals surface area contributed by atoms with Crippen molar-refractivity contribution in [2.75, 3.05) is 0 Å². The van der Waals surface area contributed by atoms with E-state index in [-0.39, 0.29) is 5.41 Å². The molecule has 26 heavy (non-hydrogen) atoms. The highest BCUT2D eigenvalue weighted by molar-refractivity contribution is 5.66.